The molecule has 1 aliphatic heterocycles. The van der Waals surface area contributed by atoms with Gasteiger partial charge in [0.2, 0.25) is 0 Å². The van der Waals surface area contributed by atoms with Gasteiger partial charge in [-0.25, -0.2) is 4.79 Å². The number of aromatic hydroxyl groups is 1. The third-order valence-electron chi connectivity index (χ3n) is 5.13. The number of ether oxygens (including phenoxy) is 3. The number of phenolic OH excluding ortho intramolecular Hbond substituents is 1. The monoisotopic (exact) mass is 378 g/mol. The lowest BCUT2D eigenvalue weighted by molar-refractivity contribution is -0.155. The van der Waals surface area contributed by atoms with Gasteiger partial charge in [0.15, 0.2) is 6.29 Å². The molecule has 1 saturated carbocycles. The minimum absolute atomic E-state index is 0.0647. The van der Waals surface area contributed by atoms with Crippen molar-refractivity contribution in [3.8, 4) is 5.75 Å². The molecule has 0 spiro atoms. The fourth-order valence-corrected chi connectivity index (χ4v) is 3.83. The fourth-order valence-electron chi connectivity index (χ4n) is 3.83. The van der Waals surface area contributed by atoms with Crippen LogP contribution in [0.15, 0.2) is 30.3 Å². The maximum absolute atomic E-state index is 12.2. The summed E-state index contributed by atoms with van der Waals surface area (Å²) in [4.78, 5) is 23.9. The van der Waals surface area contributed by atoms with Crippen LogP contribution in [-0.4, -0.2) is 59.0 Å². The maximum Gasteiger partial charge on any atom is 0.331 e. The summed E-state index contributed by atoms with van der Waals surface area (Å²) >= 11 is 0. The molecule has 8 heteroatoms. The number of hydrogen-bond donors (Lipinski definition) is 3. The second-order valence-corrected chi connectivity index (χ2v) is 6.88. The van der Waals surface area contributed by atoms with Crippen LogP contribution in [0.1, 0.15) is 18.4 Å². The summed E-state index contributed by atoms with van der Waals surface area (Å²) in [5, 5.41) is 30.0. The van der Waals surface area contributed by atoms with Crippen molar-refractivity contribution in [1.29, 1.82) is 0 Å². The predicted octanol–water partition coefficient (Wildman–Crippen LogP) is 0.596. The molecule has 0 unspecified atom stereocenters. The first-order chi connectivity index (χ1) is 12.8. The molecular formula is C19H22O8. The van der Waals surface area contributed by atoms with Crippen molar-refractivity contribution >= 4 is 18.0 Å². The van der Waals surface area contributed by atoms with E-state index in [-0.39, 0.29) is 25.2 Å². The third-order valence-corrected chi connectivity index (χ3v) is 5.13. The number of rotatable bonds is 5. The first-order valence-electron chi connectivity index (χ1n) is 8.59. The van der Waals surface area contributed by atoms with Crippen LogP contribution in [0.5, 0.6) is 5.75 Å². The minimum atomic E-state index is -1.36. The van der Waals surface area contributed by atoms with Crippen LogP contribution in [-0.2, 0) is 23.8 Å². The van der Waals surface area contributed by atoms with Crippen molar-refractivity contribution in [1.82, 2.24) is 0 Å². The van der Waals surface area contributed by atoms with Crippen molar-refractivity contribution in [2.45, 2.75) is 30.8 Å². The Morgan fingerprint density at radius 3 is 2.70 bits per heavy atom. The molecule has 1 saturated heterocycles. The highest BCUT2D eigenvalue weighted by molar-refractivity contribution is 5.87. The number of carbonyl (C=O) groups is 2. The van der Waals surface area contributed by atoms with E-state index in [0.29, 0.717) is 5.56 Å². The van der Waals surface area contributed by atoms with Crippen LogP contribution in [0.25, 0.3) is 6.08 Å². The van der Waals surface area contributed by atoms with Gasteiger partial charge in [0.25, 0.3) is 0 Å². The van der Waals surface area contributed by atoms with Crippen molar-refractivity contribution in [2.24, 2.45) is 11.8 Å². The summed E-state index contributed by atoms with van der Waals surface area (Å²) < 4.78 is 15.2. The average Bonchev–Trinajstić information content (AvgIpc) is 3.07. The van der Waals surface area contributed by atoms with Crippen molar-refractivity contribution in [3.63, 3.8) is 0 Å². The van der Waals surface area contributed by atoms with Gasteiger partial charge in [-0.1, -0.05) is 12.1 Å². The molecule has 3 rings (SSSR count). The van der Waals surface area contributed by atoms with E-state index < -0.39 is 41.8 Å². The lowest BCUT2D eigenvalue weighted by atomic mass is 9.85. The summed E-state index contributed by atoms with van der Waals surface area (Å²) in [7, 11) is 1.24. The highest BCUT2D eigenvalue weighted by Gasteiger charge is 2.61. The molecule has 5 atom stereocenters. The Morgan fingerprint density at radius 2 is 2.04 bits per heavy atom. The molecule has 1 aromatic carbocycles. The summed E-state index contributed by atoms with van der Waals surface area (Å²) in [5.74, 6) is -2.40. The van der Waals surface area contributed by atoms with Gasteiger partial charge in [-0.05, 0) is 23.8 Å². The second-order valence-electron chi connectivity index (χ2n) is 6.88. The van der Waals surface area contributed by atoms with E-state index in [1.54, 1.807) is 12.1 Å². The molecule has 0 amide bonds. The van der Waals surface area contributed by atoms with Gasteiger partial charge in [0.1, 0.15) is 11.9 Å². The van der Waals surface area contributed by atoms with Crippen LogP contribution in [0.2, 0.25) is 0 Å². The van der Waals surface area contributed by atoms with Gasteiger partial charge >= 0.3 is 11.9 Å². The molecule has 3 N–H and O–H groups in total. The van der Waals surface area contributed by atoms with E-state index in [2.05, 4.69) is 4.74 Å². The normalized spacial score (nSPS) is 32.4. The number of aliphatic hydroxyl groups excluding tert-OH is 1. The quantitative estimate of drug-likeness (QED) is 0.503. The number of phenols is 1. The molecule has 1 aliphatic carbocycles. The smallest absolute Gasteiger partial charge is 0.331 e. The SMILES string of the molecule is COC(=O)C[C@@H]1[C@@H]2[C@@H](O)OC[C@]2(O)C[C@H]1OC(=O)/C=C/c1ccc(O)cc1. The molecule has 2 fully saturated rings. The number of esters is 2. The highest BCUT2D eigenvalue weighted by Crippen LogP contribution is 2.49. The van der Waals surface area contributed by atoms with Gasteiger partial charge < -0.3 is 29.5 Å². The van der Waals surface area contributed by atoms with E-state index >= 15 is 0 Å². The summed E-state index contributed by atoms with van der Waals surface area (Å²) in [5.41, 5.74) is -0.661. The second kappa shape index (κ2) is 7.67. The Labute approximate surface area is 156 Å². The molecule has 0 radical (unpaired) electrons. The number of methoxy groups -OCH3 is 1. The van der Waals surface area contributed by atoms with Crippen LogP contribution in [0.4, 0.5) is 0 Å². The number of carbonyl (C=O) groups excluding carboxylic acids is 2. The Kier molecular flexibility index (Phi) is 5.50. The van der Waals surface area contributed by atoms with E-state index in [9.17, 15) is 24.9 Å². The third kappa shape index (κ3) is 4.13. The van der Waals surface area contributed by atoms with Gasteiger partial charge in [-0.15, -0.1) is 0 Å². The van der Waals surface area contributed by atoms with Gasteiger partial charge in [-0.3, -0.25) is 4.79 Å². The molecular weight excluding hydrogens is 356 g/mol. The van der Waals surface area contributed by atoms with Gasteiger partial charge in [0, 0.05) is 24.3 Å². The molecule has 8 nitrogen and oxygen atoms in total. The van der Waals surface area contributed by atoms with Crippen molar-refractivity contribution in [2.75, 3.05) is 13.7 Å². The largest absolute Gasteiger partial charge is 0.508 e. The number of benzene rings is 1. The van der Waals surface area contributed by atoms with Gasteiger partial charge in [0.05, 0.1) is 25.7 Å². The van der Waals surface area contributed by atoms with Crippen LogP contribution < -0.4 is 0 Å². The zero-order valence-electron chi connectivity index (χ0n) is 14.8. The zero-order chi connectivity index (χ0) is 19.6. The summed E-state index contributed by atoms with van der Waals surface area (Å²) in [6, 6.07) is 6.25. The summed E-state index contributed by atoms with van der Waals surface area (Å²) in [6.07, 6.45) is 0.723. The molecule has 1 aromatic rings. The van der Waals surface area contributed by atoms with Crippen molar-refractivity contribution < 1.29 is 39.1 Å². The molecule has 27 heavy (non-hydrogen) atoms. The first-order valence-corrected chi connectivity index (χ1v) is 8.59. The number of fused-ring (bicyclic) bond motifs is 1. The average molecular weight is 378 g/mol. The van der Waals surface area contributed by atoms with Crippen molar-refractivity contribution in [3.05, 3.63) is 35.9 Å². The first kappa shape index (κ1) is 19.3. The standard InChI is InChI=1S/C19H22O8/c1-25-16(22)8-13-14(9-19(24)10-26-18(23)17(13)19)27-15(21)7-4-11-2-5-12(20)6-3-11/h2-7,13-14,17-18,20,23-24H,8-10H2,1H3/b7-4+/t13-,14+,17+,18-,19+/m0/s1. The zero-order valence-corrected chi connectivity index (χ0v) is 14.8. The Hall–Kier alpha value is -2.42. The maximum atomic E-state index is 12.2. The fraction of sp³-hybridized carbons (Fsp3) is 0.474. The molecule has 0 bridgehead atoms. The Bertz CT molecular complexity index is 728. The molecule has 146 valence electrons. The van der Waals surface area contributed by atoms with E-state index in [1.165, 1.54) is 31.4 Å². The van der Waals surface area contributed by atoms with E-state index in [1.807, 2.05) is 0 Å². The van der Waals surface area contributed by atoms with Crippen LogP contribution in [0.3, 0.4) is 0 Å². The van der Waals surface area contributed by atoms with Crippen LogP contribution >= 0.6 is 0 Å². The number of aliphatic hydroxyl groups is 2. The Balaban J connectivity index is 1.70. The highest BCUT2D eigenvalue weighted by atomic mass is 16.6. The minimum Gasteiger partial charge on any atom is -0.508 e. The van der Waals surface area contributed by atoms with Gasteiger partial charge in [-0.2, -0.15) is 0 Å². The predicted molar refractivity (Wildman–Crippen MR) is 92.2 cm³/mol. The van der Waals surface area contributed by atoms with Crippen LogP contribution in [0, 0.1) is 11.8 Å². The van der Waals surface area contributed by atoms with E-state index in [0.717, 1.165) is 0 Å². The molecule has 0 aromatic heterocycles. The molecule has 1 heterocycles. The number of hydrogen-bond acceptors (Lipinski definition) is 8. The lowest BCUT2D eigenvalue weighted by Gasteiger charge is -2.25. The summed E-state index contributed by atoms with van der Waals surface area (Å²) in [6.45, 7) is -0.0894. The lowest BCUT2D eigenvalue weighted by Crippen LogP contribution is -2.37. The molecule has 2 aliphatic rings. The topological polar surface area (TPSA) is 123 Å². The Morgan fingerprint density at radius 1 is 1.33 bits per heavy atom. The van der Waals surface area contributed by atoms with E-state index in [4.69, 9.17) is 9.47 Å².